The first-order valence-electron chi connectivity index (χ1n) is 4.28. The van der Waals surface area contributed by atoms with E-state index in [-0.39, 0.29) is 5.38 Å². The molecule has 2 atom stereocenters. The first-order chi connectivity index (χ1) is 6.29. The van der Waals surface area contributed by atoms with Crippen molar-refractivity contribution in [1.82, 2.24) is 20.2 Å². The van der Waals surface area contributed by atoms with Crippen LogP contribution < -0.4 is 0 Å². The summed E-state index contributed by atoms with van der Waals surface area (Å²) in [6.45, 7) is 1.89. The van der Waals surface area contributed by atoms with E-state index in [0.717, 1.165) is 18.0 Å². The van der Waals surface area contributed by atoms with Gasteiger partial charge in [-0.15, -0.1) is 16.7 Å². The van der Waals surface area contributed by atoms with Gasteiger partial charge in [-0.05, 0) is 29.5 Å². The van der Waals surface area contributed by atoms with E-state index in [1.54, 1.807) is 0 Å². The molecular weight excluding hydrogens is 208 g/mol. The Labute approximate surface area is 86.0 Å². The predicted octanol–water partition coefficient (Wildman–Crippen LogP) is 1.65. The average Bonchev–Trinajstić information content (AvgIpc) is 2.74. The molecule has 0 bridgehead atoms. The largest absolute Gasteiger partial charge is 0.224 e. The van der Waals surface area contributed by atoms with Crippen molar-refractivity contribution in [2.45, 2.75) is 24.8 Å². The van der Waals surface area contributed by atoms with E-state index in [1.165, 1.54) is 5.75 Å². The van der Waals surface area contributed by atoms with E-state index < -0.39 is 0 Å². The maximum absolute atomic E-state index is 5.96. The Morgan fingerprint density at radius 3 is 3.15 bits per heavy atom. The Bertz CT molecular complexity index is 282. The van der Waals surface area contributed by atoms with Gasteiger partial charge in [0.05, 0.1) is 11.4 Å². The van der Waals surface area contributed by atoms with Crippen molar-refractivity contribution < 1.29 is 0 Å². The topological polar surface area (TPSA) is 43.6 Å². The van der Waals surface area contributed by atoms with Gasteiger partial charge in [0, 0.05) is 5.75 Å². The number of nitrogens with zero attached hydrogens (tertiary/aromatic N) is 4. The number of hydrogen-bond acceptors (Lipinski definition) is 4. The SMILES string of the molecule is CC(Cl)c1nnnn1C1CCSC1. The summed E-state index contributed by atoms with van der Waals surface area (Å²) in [5.74, 6) is 3.08. The molecule has 1 aliphatic rings. The lowest BCUT2D eigenvalue weighted by Crippen LogP contribution is -2.13. The van der Waals surface area contributed by atoms with E-state index in [0.29, 0.717) is 6.04 Å². The molecule has 0 saturated carbocycles. The molecule has 1 aliphatic heterocycles. The minimum atomic E-state index is -0.111. The molecule has 1 aromatic heterocycles. The molecule has 2 heterocycles. The molecule has 2 unspecified atom stereocenters. The van der Waals surface area contributed by atoms with Crippen LogP contribution in [0, 0.1) is 0 Å². The maximum atomic E-state index is 5.96. The van der Waals surface area contributed by atoms with Crippen molar-refractivity contribution in [3.8, 4) is 0 Å². The van der Waals surface area contributed by atoms with Crippen LogP contribution in [0.1, 0.15) is 30.6 Å². The van der Waals surface area contributed by atoms with E-state index in [9.17, 15) is 0 Å². The second-order valence-electron chi connectivity index (χ2n) is 3.12. The van der Waals surface area contributed by atoms with Crippen LogP contribution in [0.5, 0.6) is 0 Å². The average molecular weight is 219 g/mol. The predicted molar refractivity (Wildman–Crippen MR) is 53.1 cm³/mol. The maximum Gasteiger partial charge on any atom is 0.169 e. The molecule has 0 radical (unpaired) electrons. The fraction of sp³-hybridized carbons (Fsp3) is 0.857. The quantitative estimate of drug-likeness (QED) is 0.709. The molecule has 0 spiro atoms. The van der Waals surface area contributed by atoms with E-state index in [1.807, 2.05) is 23.4 Å². The third-order valence-electron chi connectivity index (χ3n) is 2.13. The van der Waals surface area contributed by atoms with Gasteiger partial charge in [0.15, 0.2) is 5.82 Å². The molecular formula is C7H11ClN4S. The first kappa shape index (κ1) is 9.27. The summed E-state index contributed by atoms with van der Waals surface area (Å²) in [7, 11) is 0. The third kappa shape index (κ3) is 1.81. The molecule has 72 valence electrons. The molecule has 0 aliphatic carbocycles. The monoisotopic (exact) mass is 218 g/mol. The number of halogens is 1. The van der Waals surface area contributed by atoms with Gasteiger partial charge in [-0.3, -0.25) is 0 Å². The number of thioether (sulfide) groups is 1. The fourth-order valence-electron chi connectivity index (χ4n) is 1.44. The highest BCUT2D eigenvalue weighted by Crippen LogP contribution is 2.29. The van der Waals surface area contributed by atoms with Crippen molar-refractivity contribution in [3.63, 3.8) is 0 Å². The van der Waals surface area contributed by atoms with Crippen LogP contribution in [0.2, 0.25) is 0 Å². The Hall–Kier alpha value is -0.290. The summed E-state index contributed by atoms with van der Waals surface area (Å²) >= 11 is 7.90. The zero-order chi connectivity index (χ0) is 9.26. The zero-order valence-electron chi connectivity index (χ0n) is 7.35. The third-order valence-corrected chi connectivity index (χ3v) is 3.47. The summed E-state index contributed by atoms with van der Waals surface area (Å²) in [4.78, 5) is 0. The van der Waals surface area contributed by atoms with Crippen LogP contribution in [0.3, 0.4) is 0 Å². The van der Waals surface area contributed by atoms with Gasteiger partial charge < -0.3 is 0 Å². The van der Waals surface area contributed by atoms with Crippen molar-refractivity contribution >= 4 is 23.4 Å². The van der Waals surface area contributed by atoms with Gasteiger partial charge in [0.1, 0.15) is 0 Å². The van der Waals surface area contributed by atoms with Crippen LogP contribution in [0.25, 0.3) is 0 Å². The van der Waals surface area contributed by atoms with Crippen LogP contribution in [0.4, 0.5) is 0 Å². The van der Waals surface area contributed by atoms with Gasteiger partial charge in [-0.1, -0.05) is 0 Å². The van der Waals surface area contributed by atoms with Gasteiger partial charge in [-0.25, -0.2) is 4.68 Å². The second kappa shape index (κ2) is 3.84. The molecule has 1 saturated heterocycles. The number of rotatable bonds is 2. The normalized spacial score (nSPS) is 24.9. The van der Waals surface area contributed by atoms with E-state index in [4.69, 9.17) is 11.6 Å². The Balaban J connectivity index is 2.23. The smallest absolute Gasteiger partial charge is 0.169 e. The van der Waals surface area contributed by atoms with Crippen LogP contribution >= 0.6 is 23.4 Å². The molecule has 1 fully saturated rings. The molecule has 0 aromatic carbocycles. The molecule has 4 nitrogen and oxygen atoms in total. The van der Waals surface area contributed by atoms with E-state index in [2.05, 4.69) is 15.5 Å². The summed E-state index contributed by atoms with van der Waals surface area (Å²) in [5, 5.41) is 11.4. The first-order valence-corrected chi connectivity index (χ1v) is 5.87. The van der Waals surface area contributed by atoms with Crippen LogP contribution in [-0.2, 0) is 0 Å². The highest BCUT2D eigenvalue weighted by molar-refractivity contribution is 7.99. The fourth-order valence-corrected chi connectivity index (χ4v) is 2.77. The standard InChI is InChI=1S/C7H11ClN4S/c1-5(8)7-9-10-11-12(7)6-2-3-13-4-6/h5-6H,2-4H2,1H3. The summed E-state index contributed by atoms with van der Waals surface area (Å²) in [6.07, 6.45) is 1.15. The minimum Gasteiger partial charge on any atom is -0.224 e. The Kier molecular flexibility index (Phi) is 2.74. The van der Waals surface area contributed by atoms with Crippen molar-refractivity contribution in [3.05, 3.63) is 5.82 Å². The summed E-state index contributed by atoms with van der Waals surface area (Å²) in [5.41, 5.74) is 0. The second-order valence-corrected chi connectivity index (χ2v) is 4.92. The van der Waals surface area contributed by atoms with Crippen molar-refractivity contribution in [2.75, 3.05) is 11.5 Å². The Morgan fingerprint density at radius 1 is 1.69 bits per heavy atom. The highest BCUT2D eigenvalue weighted by Gasteiger charge is 2.23. The number of alkyl halides is 1. The highest BCUT2D eigenvalue weighted by atomic mass is 35.5. The van der Waals surface area contributed by atoms with Crippen LogP contribution in [0.15, 0.2) is 0 Å². The lowest BCUT2D eigenvalue weighted by atomic mass is 10.2. The number of aromatic nitrogens is 4. The molecule has 1 aromatic rings. The molecule has 13 heavy (non-hydrogen) atoms. The number of tetrazole rings is 1. The van der Waals surface area contributed by atoms with Gasteiger partial charge in [0.25, 0.3) is 0 Å². The lowest BCUT2D eigenvalue weighted by Gasteiger charge is -2.11. The summed E-state index contributed by atoms with van der Waals surface area (Å²) < 4.78 is 1.87. The molecule has 0 N–H and O–H groups in total. The van der Waals surface area contributed by atoms with Gasteiger partial charge in [-0.2, -0.15) is 11.8 Å². The van der Waals surface area contributed by atoms with Gasteiger partial charge >= 0.3 is 0 Å². The summed E-state index contributed by atoms with van der Waals surface area (Å²) in [6, 6.07) is 0.441. The molecule has 0 amide bonds. The lowest BCUT2D eigenvalue weighted by molar-refractivity contribution is 0.468. The molecule has 6 heteroatoms. The zero-order valence-corrected chi connectivity index (χ0v) is 8.92. The van der Waals surface area contributed by atoms with Crippen molar-refractivity contribution in [2.24, 2.45) is 0 Å². The van der Waals surface area contributed by atoms with E-state index >= 15 is 0 Å². The Morgan fingerprint density at radius 2 is 2.54 bits per heavy atom. The molecule has 2 rings (SSSR count). The van der Waals surface area contributed by atoms with Gasteiger partial charge in [0.2, 0.25) is 0 Å². The number of hydrogen-bond donors (Lipinski definition) is 0. The minimum absolute atomic E-state index is 0.111. The van der Waals surface area contributed by atoms with Crippen molar-refractivity contribution in [1.29, 1.82) is 0 Å². The van der Waals surface area contributed by atoms with Crippen LogP contribution in [-0.4, -0.2) is 31.7 Å².